The Morgan fingerprint density at radius 1 is 0.800 bits per heavy atom. The number of hydrogen-bond donors (Lipinski definition) is 0. The fraction of sp³-hybridized carbons (Fsp3) is 0.182. The second kappa shape index (κ2) is 8.89. The first kappa shape index (κ1) is 24.3. The van der Waals surface area contributed by atoms with Crippen LogP contribution in [0, 0.1) is 16.0 Å². The number of nitro groups is 1. The first-order chi connectivity index (χ1) is 19.4. The van der Waals surface area contributed by atoms with Gasteiger partial charge in [0.15, 0.2) is 22.9 Å². The van der Waals surface area contributed by atoms with E-state index in [1.165, 1.54) is 12.1 Å². The highest BCUT2D eigenvalue weighted by Gasteiger charge is 2.72. The first-order valence-electron chi connectivity index (χ1n) is 13.3. The van der Waals surface area contributed by atoms with Crippen molar-refractivity contribution in [2.45, 2.75) is 23.9 Å². The number of fused-ring (bicyclic) bond motifs is 5. The maximum atomic E-state index is 14.6. The fourth-order valence-electron chi connectivity index (χ4n) is 7.27. The lowest BCUT2D eigenvalue weighted by Crippen LogP contribution is -2.60. The van der Waals surface area contributed by atoms with Crippen LogP contribution in [0.3, 0.4) is 0 Å². The summed E-state index contributed by atoms with van der Waals surface area (Å²) in [4.78, 5) is 56.7. The molecular weight excluding hydrogens is 504 g/mol. The lowest BCUT2D eigenvalue weighted by molar-refractivity contribution is -0.384. The smallest absolute Gasteiger partial charge is 0.269 e. The lowest BCUT2D eigenvalue weighted by atomic mass is 9.69. The molecule has 7 heteroatoms. The zero-order valence-electron chi connectivity index (χ0n) is 21.4. The van der Waals surface area contributed by atoms with Crippen LogP contribution in [0.2, 0.25) is 0 Å². The maximum Gasteiger partial charge on any atom is 0.269 e. The molecule has 0 radical (unpaired) electrons. The average Bonchev–Trinajstić information content (AvgIpc) is 3.43. The van der Waals surface area contributed by atoms with Crippen LogP contribution >= 0.6 is 0 Å². The van der Waals surface area contributed by atoms with Crippen molar-refractivity contribution in [3.8, 4) is 0 Å². The van der Waals surface area contributed by atoms with Crippen LogP contribution in [-0.4, -0.2) is 39.3 Å². The van der Waals surface area contributed by atoms with Gasteiger partial charge in [-0.3, -0.25) is 29.4 Å². The van der Waals surface area contributed by atoms with Gasteiger partial charge in [-0.1, -0.05) is 91.0 Å². The summed E-state index contributed by atoms with van der Waals surface area (Å²) in [5, 5.41) is 11.5. The molecule has 1 spiro atoms. The van der Waals surface area contributed by atoms with Gasteiger partial charge < -0.3 is 0 Å². The molecule has 1 fully saturated rings. The van der Waals surface area contributed by atoms with Gasteiger partial charge in [-0.05, 0) is 23.1 Å². The van der Waals surface area contributed by atoms with Crippen LogP contribution in [0.15, 0.2) is 103 Å². The van der Waals surface area contributed by atoms with E-state index in [-0.39, 0.29) is 23.0 Å². The van der Waals surface area contributed by atoms with Gasteiger partial charge in [0, 0.05) is 47.3 Å². The topological polar surface area (TPSA) is 97.6 Å². The van der Waals surface area contributed by atoms with Crippen molar-refractivity contribution in [3.05, 3.63) is 147 Å². The van der Waals surface area contributed by atoms with Gasteiger partial charge in [-0.25, -0.2) is 0 Å². The van der Waals surface area contributed by atoms with Crippen molar-refractivity contribution in [3.63, 3.8) is 0 Å². The molecule has 3 atom stereocenters. The van der Waals surface area contributed by atoms with E-state index in [0.29, 0.717) is 35.2 Å². The molecule has 0 bridgehead atoms. The second-order valence-corrected chi connectivity index (χ2v) is 10.6. The minimum atomic E-state index is -1.72. The minimum Gasteiger partial charge on any atom is -0.294 e. The van der Waals surface area contributed by atoms with E-state index in [1.807, 2.05) is 35.2 Å². The van der Waals surface area contributed by atoms with Gasteiger partial charge >= 0.3 is 0 Å². The van der Waals surface area contributed by atoms with Crippen molar-refractivity contribution in [1.29, 1.82) is 0 Å². The maximum absolute atomic E-state index is 14.6. The Kier molecular flexibility index (Phi) is 5.40. The summed E-state index contributed by atoms with van der Waals surface area (Å²) in [6, 6.07) is 29.3. The van der Waals surface area contributed by atoms with Crippen LogP contribution in [0.25, 0.3) is 0 Å². The third-order valence-electron chi connectivity index (χ3n) is 8.87. The van der Waals surface area contributed by atoms with Gasteiger partial charge in [0.25, 0.3) is 5.69 Å². The third-order valence-corrected chi connectivity index (χ3v) is 8.87. The molecule has 0 saturated carbocycles. The van der Waals surface area contributed by atoms with Crippen LogP contribution in [0.1, 0.15) is 59.7 Å². The van der Waals surface area contributed by atoms with E-state index < -0.39 is 28.3 Å². The average molecular weight is 529 g/mol. The molecule has 0 aromatic heterocycles. The number of carbonyl (C=O) groups excluding carboxylic acids is 3. The highest BCUT2D eigenvalue weighted by molar-refractivity contribution is 6.35. The van der Waals surface area contributed by atoms with Gasteiger partial charge in [-0.2, -0.15) is 0 Å². The minimum absolute atomic E-state index is 0.0660. The molecule has 4 aromatic rings. The molecule has 3 aliphatic rings. The molecule has 0 unspecified atom stereocenters. The van der Waals surface area contributed by atoms with E-state index in [4.69, 9.17) is 0 Å². The summed E-state index contributed by atoms with van der Waals surface area (Å²) >= 11 is 0. The fourth-order valence-corrected chi connectivity index (χ4v) is 7.27. The predicted octanol–water partition coefficient (Wildman–Crippen LogP) is 5.61. The van der Waals surface area contributed by atoms with Crippen LogP contribution in [0.5, 0.6) is 0 Å². The van der Waals surface area contributed by atoms with Crippen molar-refractivity contribution in [1.82, 2.24) is 4.90 Å². The molecule has 196 valence electrons. The second-order valence-electron chi connectivity index (χ2n) is 10.6. The number of benzene rings is 4. The molecule has 7 rings (SSSR count). The van der Waals surface area contributed by atoms with Crippen molar-refractivity contribution < 1.29 is 19.3 Å². The third kappa shape index (κ3) is 3.18. The van der Waals surface area contributed by atoms with E-state index in [0.717, 1.165) is 11.1 Å². The number of hydrogen-bond acceptors (Lipinski definition) is 6. The monoisotopic (exact) mass is 528 g/mol. The molecule has 0 amide bonds. The Labute approximate surface area is 230 Å². The molecule has 40 heavy (non-hydrogen) atoms. The Balaban J connectivity index is 1.53. The summed E-state index contributed by atoms with van der Waals surface area (Å²) in [7, 11) is 0. The van der Waals surface area contributed by atoms with Crippen LogP contribution < -0.4 is 0 Å². The molecule has 1 aliphatic carbocycles. The standard InChI is InChI=1S/C33H24N2O5/c36-30(22-9-2-1-3-10-22)28-27(21-14-16-23(17-15-21)35(39)40)29-24-11-5-4-8-20(24)18-19-34(29)33(28)31(37)25-12-6-7-13-26(25)32(33)38/h1-17,27-29H,18-19H2/t27-,28+,29+/m0/s1. The van der Waals surface area contributed by atoms with Crippen LogP contribution in [-0.2, 0) is 6.42 Å². The Hall–Kier alpha value is -4.75. The summed E-state index contributed by atoms with van der Waals surface area (Å²) in [6.07, 6.45) is 0.630. The molecule has 0 N–H and O–H groups in total. The molecule has 2 aliphatic heterocycles. The number of Topliss-reactive ketones (excluding diaryl/α,β-unsaturated/α-hetero) is 3. The van der Waals surface area contributed by atoms with Gasteiger partial charge in [0.1, 0.15) is 0 Å². The van der Waals surface area contributed by atoms with E-state index >= 15 is 0 Å². The zero-order chi connectivity index (χ0) is 27.6. The summed E-state index contributed by atoms with van der Waals surface area (Å²) in [5.41, 5.74) is 2.06. The number of non-ortho nitro benzene ring substituents is 1. The largest absolute Gasteiger partial charge is 0.294 e. The quantitative estimate of drug-likeness (QED) is 0.148. The van der Waals surface area contributed by atoms with Gasteiger partial charge in [0.2, 0.25) is 0 Å². The predicted molar refractivity (Wildman–Crippen MR) is 148 cm³/mol. The molecule has 1 saturated heterocycles. The summed E-state index contributed by atoms with van der Waals surface area (Å²) in [5.74, 6) is -2.63. The molecule has 7 nitrogen and oxygen atoms in total. The zero-order valence-corrected chi connectivity index (χ0v) is 21.4. The number of carbonyl (C=O) groups is 3. The summed E-state index contributed by atoms with van der Waals surface area (Å²) < 4.78 is 0. The summed E-state index contributed by atoms with van der Waals surface area (Å²) in [6.45, 7) is 0.426. The van der Waals surface area contributed by atoms with Crippen LogP contribution in [0.4, 0.5) is 5.69 Å². The Morgan fingerprint density at radius 2 is 1.40 bits per heavy atom. The van der Waals surface area contributed by atoms with E-state index in [1.54, 1.807) is 60.7 Å². The number of ketones is 3. The first-order valence-corrected chi connectivity index (χ1v) is 13.3. The molecule has 4 aromatic carbocycles. The number of rotatable bonds is 4. The van der Waals surface area contributed by atoms with E-state index in [9.17, 15) is 24.5 Å². The highest BCUT2D eigenvalue weighted by atomic mass is 16.6. The SMILES string of the molecule is O=C(c1ccccc1)[C@H]1[C@H](c2ccc([N+](=O)[O-])cc2)[C@H]2c3ccccc3CCN2C12C(=O)c1ccccc1C2=O. The van der Waals surface area contributed by atoms with Crippen molar-refractivity contribution in [2.75, 3.05) is 6.54 Å². The Bertz CT molecular complexity index is 1680. The lowest BCUT2D eigenvalue weighted by Gasteiger charge is -2.41. The molecular formula is C33H24N2O5. The normalized spacial score (nSPS) is 22.6. The van der Waals surface area contributed by atoms with Gasteiger partial charge in [-0.15, -0.1) is 0 Å². The van der Waals surface area contributed by atoms with E-state index in [2.05, 4.69) is 0 Å². The number of nitro benzene ring substituents is 1. The highest BCUT2D eigenvalue weighted by Crippen LogP contribution is 2.61. The van der Waals surface area contributed by atoms with Gasteiger partial charge in [0.05, 0.1) is 10.8 Å². The molecule has 2 heterocycles. The van der Waals surface area contributed by atoms with Crippen molar-refractivity contribution in [2.24, 2.45) is 5.92 Å². The number of nitrogens with zero attached hydrogens (tertiary/aromatic N) is 2. The van der Waals surface area contributed by atoms with Crippen molar-refractivity contribution >= 4 is 23.0 Å². The Morgan fingerprint density at radius 3 is 2.05 bits per heavy atom.